The highest BCUT2D eigenvalue weighted by atomic mass is 16.5. The van der Waals surface area contributed by atoms with E-state index in [1.807, 2.05) is 80.6 Å². The van der Waals surface area contributed by atoms with Crippen molar-refractivity contribution in [1.82, 2.24) is 0 Å². The molecule has 1 atom stereocenters. The first-order valence-corrected chi connectivity index (χ1v) is 11.1. The Labute approximate surface area is 199 Å². The number of Topliss-reactive ketones (excluding diaryl/α,β-unsaturated/α-hetero) is 1. The van der Waals surface area contributed by atoms with Crippen molar-refractivity contribution in [3.8, 4) is 5.75 Å². The van der Waals surface area contributed by atoms with Gasteiger partial charge in [-0.25, -0.2) is 4.79 Å². The number of benzene rings is 4. The Morgan fingerprint density at radius 2 is 1.24 bits per heavy atom. The summed E-state index contributed by atoms with van der Waals surface area (Å²) in [7, 11) is 0. The lowest BCUT2D eigenvalue weighted by Gasteiger charge is -2.18. The quantitative estimate of drug-likeness (QED) is 0.222. The van der Waals surface area contributed by atoms with Gasteiger partial charge >= 0.3 is 5.97 Å². The molecule has 0 aliphatic heterocycles. The van der Waals surface area contributed by atoms with Crippen molar-refractivity contribution in [2.75, 3.05) is 0 Å². The van der Waals surface area contributed by atoms with Gasteiger partial charge in [-0.3, -0.25) is 4.79 Å². The van der Waals surface area contributed by atoms with Gasteiger partial charge in [0, 0.05) is 11.1 Å². The van der Waals surface area contributed by atoms with E-state index in [0.29, 0.717) is 23.3 Å². The number of hydrogen-bond donors (Lipinski definition) is 0. The predicted molar refractivity (Wildman–Crippen MR) is 132 cm³/mol. The third-order valence-corrected chi connectivity index (χ3v) is 5.52. The van der Waals surface area contributed by atoms with Gasteiger partial charge < -0.3 is 9.47 Å². The van der Waals surface area contributed by atoms with E-state index in [9.17, 15) is 9.59 Å². The average Bonchev–Trinajstić information content (AvgIpc) is 2.88. The summed E-state index contributed by atoms with van der Waals surface area (Å²) in [6.45, 7) is 4.37. The van der Waals surface area contributed by atoms with E-state index in [-0.39, 0.29) is 5.78 Å². The lowest BCUT2D eigenvalue weighted by Crippen LogP contribution is -2.20. The molecule has 4 heteroatoms. The smallest absolute Gasteiger partial charge is 0.339 e. The Hall–Kier alpha value is -4.18. The van der Waals surface area contributed by atoms with Crippen LogP contribution in [0.5, 0.6) is 5.75 Å². The lowest BCUT2D eigenvalue weighted by atomic mass is 9.99. The number of aryl methyl sites for hydroxylation is 2. The number of carbonyl (C=O) groups is 2. The molecule has 0 N–H and O–H groups in total. The highest BCUT2D eigenvalue weighted by Crippen LogP contribution is 2.24. The van der Waals surface area contributed by atoms with Gasteiger partial charge in [0.05, 0.1) is 5.56 Å². The van der Waals surface area contributed by atoms with E-state index in [1.165, 1.54) is 5.56 Å². The minimum absolute atomic E-state index is 0.261. The first kappa shape index (κ1) is 23.0. The van der Waals surface area contributed by atoms with Crippen LogP contribution in [0.4, 0.5) is 0 Å². The molecule has 0 amide bonds. The molecular formula is C30H26O4. The van der Waals surface area contributed by atoms with Crippen LogP contribution in [0.3, 0.4) is 0 Å². The van der Waals surface area contributed by atoms with Crippen molar-refractivity contribution in [2.45, 2.75) is 26.6 Å². The first-order valence-electron chi connectivity index (χ1n) is 11.1. The summed E-state index contributed by atoms with van der Waals surface area (Å²) in [6.07, 6.45) is -1.03. The fourth-order valence-corrected chi connectivity index (χ4v) is 3.48. The van der Waals surface area contributed by atoms with E-state index >= 15 is 0 Å². The van der Waals surface area contributed by atoms with Crippen molar-refractivity contribution in [1.29, 1.82) is 0 Å². The molecule has 4 aromatic carbocycles. The van der Waals surface area contributed by atoms with E-state index in [0.717, 1.165) is 16.9 Å². The standard InChI is InChI=1S/C30H26O4/c1-21-8-14-24(15-9-21)28(31)29(25-6-4-3-5-7-25)34-30(32)26-16-12-23(13-17-26)20-33-27-18-10-22(2)11-19-27/h3-19,29H,20H2,1-2H3/t29-/m0/s1. The molecule has 0 saturated carbocycles. The zero-order valence-corrected chi connectivity index (χ0v) is 19.2. The Balaban J connectivity index is 1.47. The monoisotopic (exact) mass is 450 g/mol. The predicted octanol–water partition coefficient (Wildman–Crippen LogP) is 6.66. The fourth-order valence-electron chi connectivity index (χ4n) is 3.48. The second kappa shape index (κ2) is 10.6. The summed E-state index contributed by atoms with van der Waals surface area (Å²) in [4.78, 5) is 26.2. The molecule has 0 heterocycles. The SMILES string of the molecule is Cc1ccc(OCc2ccc(C(=O)O[C@H](C(=O)c3ccc(C)cc3)c3ccccc3)cc2)cc1. The summed E-state index contributed by atoms with van der Waals surface area (Å²) in [5.41, 5.74) is 4.64. The summed E-state index contributed by atoms with van der Waals surface area (Å²) >= 11 is 0. The molecule has 0 aliphatic rings. The Morgan fingerprint density at radius 3 is 1.85 bits per heavy atom. The van der Waals surface area contributed by atoms with Gasteiger partial charge in [-0.2, -0.15) is 0 Å². The third-order valence-electron chi connectivity index (χ3n) is 5.52. The topological polar surface area (TPSA) is 52.6 Å². The van der Waals surface area contributed by atoms with Crippen LogP contribution < -0.4 is 4.74 Å². The molecule has 0 aromatic heterocycles. The summed E-state index contributed by atoms with van der Waals surface area (Å²) in [5.74, 6) is -0.0302. The fraction of sp³-hybridized carbons (Fsp3) is 0.133. The summed E-state index contributed by atoms with van der Waals surface area (Å²) in [6, 6.07) is 31.2. The Kier molecular flexibility index (Phi) is 7.19. The van der Waals surface area contributed by atoms with Gasteiger partial charge in [0.2, 0.25) is 5.78 Å². The molecule has 0 unspecified atom stereocenters. The zero-order valence-electron chi connectivity index (χ0n) is 19.2. The maximum atomic E-state index is 13.2. The third kappa shape index (κ3) is 5.78. The highest BCUT2D eigenvalue weighted by Gasteiger charge is 2.26. The molecule has 0 radical (unpaired) electrons. The molecule has 4 nitrogen and oxygen atoms in total. The van der Waals surface area contributed by atoms with E-state index in [4.69, 9.17) is 9.47 Å². The van der Waals surface area contributed by atoms with Gasteiger partial charge in [-0.05, 0) is 43.7 Å². The molecule has 0 spiro atoms. The maximum Gasteiger partial charge on any atom is 0.339 e. The second-order valence-electron chi connectivity index (χ2n) is 8.22. The second-order valence-corrected chi connectivity index (χ2v) is 8.22. The Bertz CT molecular complexity index is 1240. The van der Waals surface area contributed by atoms with E-state index < -0.39 is 12.1 Å². The zero-order chi connectivity index (χ0) is 23.9. The summed E-state index contributed by atoms with van der Waals surface area (Å²) in [5, 5.41) is 0. The number of esters is 1. The number of ether oxygens (including phenoxy) is 2. The minimum Gasteiger partial charge on any atom is -0.489 e. The van der Waals surface area contributed by atoms with Crippen LogP contribution >= 0.6 is 0 Å². The van der Waals surface area contributed by atoms with Crippen molar-refractivity contribution in [3.05, 3.63) is 137 Å². The van der Waals surface area contributed by atoms with Crippen molar-refractivity contribution in [3.63, 3.8) is 0 Å². The van der Waals surface area contributed by atoms with Gasteiger partial charge in [-0.1, -0.05) is 90.0 Å². The summed E-state index contributed by atoms with van der Waals surface area (Å²) < 4.78 is 11.5. The van der Waals surface area contributed by atoms with E-state index in [2.05, 4.69) is 0 Å². The van der Waals surface area contributed by atoms with Crippen molar-refractivity contribution >= 4 is 11.8 Å². The molecule has 0 aliphatic carbocycles. The molecule has 0 fully saturated rings. The van der Waals surface area contributed by atoms with Crippen LogP contribution in [-0.4, -0.2) is 11.8 Å². The van der Waals surface area contributed by atoms with Gasteiger partial charge in [0.25, 0.3) is 0 Å². The van der Waals surface area contributed by atoms with Crippen molar-refractivity contribution < 1.29 is 19.1 Å². The molecule has 0 saturated heterocycles. The molecular weight excluding hydrogens is 424 g/mol. The van der Waals surface area contributed by atoms with Crippen LogP contribution in [0.25, 0.3) is 0 Å². The maximum absolute atomic E-state index is 13.2. The van der Waals surface area contributed by atoms with Crippen molar-refractivity contribution in [2.24, 2.45) is 0 Å². The molecule has 34 heavy (non-hydrogen) atoms. The number of ketones is 1. The highest BCUT2D eigenvalue weighted by molar-refractivity contribution is 6.02. The minimum atomic E-state index is -1.03. The van der Waals surface area contributed by atoms with Crippen LogP contribution in [-0.2, 0) is 11.3 Å². The number of hydrogen-bond acceptors (Lipinski definition) is 4. The van der Waals surface area contributed by atoms with Crippen LogP contribution in [0.1, 0.15) is 49.1 Å². The van der Waals surface area contributed by atoms with Crippen LogP contribution in [0.15, 0.2) is 103 Å². The molecule has 4 rings (SSSR count). The number of carbonyl (C=O) groups excluding carboxylic acids is 2. The largest absolute Gasteiger partial charge is 0.489 e. The van der Waals surface area contributed by atoms with Gasteiger partial charge in [-0.15, -0.1) is 0 Å². The van der Waals surface area contributed by atoms with Crippen LogP contribution in [0, 0.1) is 13.8 Å². The molecule has 170 valence electrons. The molecule has 4 aromatic rings. The molecule has 0 bridgehead atoms. The van der Waals surface area contributed by atoms with E-state index in [1.54, 1.807) is 36.4 Å². The Morgan fingerprint density at radius 1 is 0.676 bits per heavy atom. The van der Waals surface area contributed by atoms with Gasteiger partial charge in [0.15, 0.2) is 6.10 Å². The normalized spacial score (nSPS) is 11.5. The average molecular weight is 451 g/mol. The number of rotatable bonds is 8. The first-order chi connectivity index (χ1) is 16.5. The van der Waals surface area contributed by atoms with Gasteiger partial charge in [0.1, 0.15) is 12.4 Å². The van der Waals surface area contributed by atoms with Crippen LogP contribution in [0.2, 0.25) is 0 Å². The lowest BCUT2D eigenvalue weighted by molar-refractivity contribution is 0.0280.